The van der Waals surface area contributed by atoms with E-state index in [1.807, 2.05) is 12.1 Å². The molecular formula is C19H20FN5O2. The van der Waals surface area contributed by atoms with Crippen molar-refractivity contribution in [1.82, 2.24) is 20.0 Å². The van der Waals surface area contributed by atoms with Crippen LogP contribution in [0.4, 0.5) is 10.2 Å². The fourth-order valence-electron chi connectivity index (χ4n) is 2.88. The molecule has 0 spiro atoms. The van der Waals surface area contributed by atoms with Crippen molar-refractivity contribution in [1.29, 1.82) is 0 Å². The molecule has 0 unspecified atom stereocenters. The molecule has 0 atom stereocenters. The van der Waals surface area contributed by atoms with Crippen molar-refractivity contribution in [3.05, 3.63) is 48.4 Å². The van der Waals surface area contributed by atoms with Crippen LogP contribution in [-0.4, -0.2) is 59.4 Å². The van der Waals surface area contributed by atoms with Crippen molar-refractivity contribution in [3.8, 4) is 22.8 Å². The first-order chi connectivity index (χ1) is 13.3. The summed E-state index contributed by atoms with van der Waals surface area (Å²) in [6.07, 6.45) is 1.68. The number of nitrogens with zero attached hydrogens (tertiary/aromatic N) is 4. The van der Waals surface area contributed by atoms with Gasteiger partial charge < -0.3 is 14.6 Å². The zero-order valence-corrected chi connectivity index (χ0v) is 14.8. The van der Waals surface area contributed by atoms with E-state index in [4.69, 9.17) is 9.26 Å². The van der Waals surface area contributed by atoms with Gasteiger partial charge in [0.25, 0.3) is 5.89 Å². The molecule has 1 aromatic carbocycles. The zero-order chi connectivity index (χ0) is 18.5. The minimum absolute atomic E-state index is 0.340. The lowest BCUT2D eigenvalue weighted by Gasteiger charge is -2.26. The van der Waals surface area contributed by atoms with Crippen molar-refractivity contribution in [2.45, 2.75) is 0 Å². The number of hydrogen-bond acceptors (Lipinski definition) is 7. The van der Waals surface area contributed by atoms with Gasteiger partial charge in [-0.25, -0.2) is 9.37 Å². The second-order valence-electron chi connectivity index (χ2n) is 6.25. The number of ether oxygens (including phenoxy) is 1. The summed E-state index contributed by atoms with van der Waals surface area (Å²) in [5.41, 5.74) is 1.28. The van der Waals surface area contributed by atoms with Gasteiger partial charge in [0, 0.05) is 37.9 Å². The van der Waals surface area contributed by atoms with Gasteiger partial charge in [0.05, 0.1) is 18.8 Å². The van der Waals surface area contributed by atoms with Crippen molar-refractivity contribution < 1.29 is 13.7 Å². The van der Waals surface area contributed by atoms with Crippen LogP contribution in [0.25, 0.3) is 22.8 Å². The Kier molecular flexibility index (Phi) is 5.36. The van der Waals surface area contributed by atoms with Gasteiger partial charge in [-0.1, -0.05) is 17.3 Å². The van der Waals surface area contributed by atoms with Crippen molar-refractivity contribution in [2.75, 3.05) is 44.7 Å². The summed E-state index contributed by atoms with van der Waals surface area (Å²) in [7, 11) is 0. The summed E-state index contributed by atoms with van der Waals surface area (Å²) in [4.78, 5) is 11.1. The molecule has 2 aromatic heterocycles. The predicted octanol–water partition coefficient (Wildman–Crippen LogP) is 2.68. The molecule has 0 aliphatic carbocycles. The standard InChI is InChI=1S/C19H20FN5O2/c20-16-3-1-2-14(12-16)18-23-19(27-24-18)15-4-5-17(22-13-15)21-6-7-25-8-10-26-11-9-25/h1-5,12-13H,6-11H2,(H,21,22). The summed E-state index contributed by atoms with van der Waals surface area (Å²) in [5.74, 6) is 1.14. The molecule has 0 saturated carbocycles. The molecule has 0 bridgehead atoms. The Morgan fingerprint density at radius 3 is 2.78 bits per heavy atom. The van der Waals surface area contributed by atoms with Gasteiger partial charge in [-0.2, -0.15) is 4.98 Å². The molecule has 140 valence electrons. The molecule has 1 aliphatic heterocycles. The number of nitrogens with one attached hydrogen (secondary N) is 1. The number of benzene rings is 1. The highest BCUT2D eigenvalue weighted by atomic mass is 19.1. The number of hydrogen-bond donors (Lipinski definition) is 1. The van der Waals surface area contributed by atoms with Gasteiger partial charge in [-0.15, -0.1) is 0 Å². The first-order valence-corrected chi connectivity index (χ1v) is 8.88. The number of pyridine rings is 1. The van der Waals surface area contributed by atoms with Crippen LogP contribution in [0.3, 0.4) is 0 Å². The Balaban J connectivity index is 1.36. The molecule has 27 heavy (non-hydrogen) atoms. The monoisotopic (exact) mass is 369 g/mol. The van der Waals surface area contributed by atoms with E-state index in [1.54, 1.807) is 18.3 Å². The molecule has 8 heteroatoms. The van der Waals surface area contributed by atoms with Gasteiger partial charge in [0.2, 0.25) is 5.82 Å². The average Bonchev–Trinajstić information content (AvgIpc) is 3.20. The summed E-state index contributed by atoms with van der Waals surface area (Å²) in [6, 6.07) is 9.83. The first-order valence-electron chi connectivity index (χ1n) is 8.88. The van der Waals surface area contributed by atoms with E-state index in [0.717, 1.165) is 45.2 Å². The second kappa shape index (κ2) is 8.24. The molecule has 1 N–H and O–H groups in total. The van der Waals surface area contributed by atoms with E-state index in [1.165, 1.54) is 12.1 Å². The highest BCUT2D eigenvalue weighted by Crippen LogP contribution is 2.22. The quantitative estimate of drug-likeness (QED) is 0.716. The van der Waals surface area contributed by atoms with E-state index in [2.05, 4.69) is 25.3 Å². The second-order valence-corrected chi connectivity index (χ2v) is 6.25. The Morgan fingerprint density at radius 2 is 2.00 bits per heavy atom. The minimum atomic E-state index is -0.340. The molecule has 3 heterocycles. The van der Waals surface area contributed by atoms with Crippen LogP contribution < -0.4 is 5.32 Å². The summed E-state index contributed by atoms with van der Waals surface area (Å²) in [5, 5.41) is 7.22. The average molecular weight is 369 g/mol. The molecule has 1 aliphatic rings. The van der Waals surface area contributed by atoms with E-state index < -0.39 is 0 Å². The maximum Gasteiger partial charge on any atom is 0.259 e. The third kappa shape index (κ3) is 4.47. The molecule has 7 nitrogen and oxygen atoms in total. The van der Waals surface area contributed by atoms with Crippen molar-refractivity contribution in [2.24, 2.45) is 0 Å². The van der Waals surface area contributed by atoms with E-state index >= 15 is 0 Å². The lowest BCUT2D eigenvalue weighted by atomic mass is 10.2. The third-order valence-electron chi connectivity index (χ3n) is 4.36. The highest BCUT2D eigenvalue weighted by molar-refractivity contribution is 5.60. The Hall–Kier alpha value is -2.84. The molecule has 0 amide bonds. The van der Waals surface area contributed by atoms with E-state index in [-0.39, 0.29) is 5.82 Å². The largest absolute Gasteiger partial charge is 0.379 e. The Morgan fingerprint density at radius 1 is 1.11 bits per heavy atom. The molecule has 0 radical (unpaired) electrons. The minimum Gasteiger partial charge on any atom is -0.379 e. The Bertz CT molecular complexity index is 878. The van der Waals surface area contributed by atoms with Crippen LogP contribution in [0.15, 0.2) is 47.1 Å². The first kappa shape index (κ1) is 17.6. The van der Waals surface area contributed by atoms with Gasteiger partial charge in [0.15, 0.2) is 0 Å². The van der Waals surface area contributed by atoms with Crippen molar-refractivity contribution in [3.63, 3.8) is 0 Å². The normalized spacial score (nSPS) is 15.0. The van der Waals surface area contributed by atoms with Crippen LogP contribution in [0, 0.1) is 5.82 Å². The number of halogens is 1. The predicted molar refractivity (Wildman–Crippen MR) is 98.7 cm³/mol. The zero-order valence-electron chi connectivity index (χ0n) is 14.8. The highest BCUT2D eigenvalue weighted by Gasteiger charge is 2.12. The summed E-state index contributed by atoms with van der Waals surface area (Å²) >= 11 is 0. The van der Waals surface area contributed by atoms with Gasteiger partial charge >= 0.3 is 0 Å². The molecule has 1 fully saturated rings. The maximum atomic E-state index is 13.3. The lowest BCUT2D eigenvalue weighted by molar-refractivity contribution is 0.0398. The summed E-state index contributed by atoms with van der Waals surface area (Å²) < 4.78 is 24.0. The van der Waals surface area contributed by atoms with Gasteiger partial charge in [-0.05, 0) is 24.3 Å². The maximum absolute atomic E-state index is 13.3. The number of rotatable bonds is 6. The fraction of sp³-hybridized carbons (Fsp3) is 0.316. The van der Waals surface area contributed by atoms with Crippen LogP contribution >= 0.6 is 0 Å². The van der Waals surface area contributed by atoms with E-state index in [9.17, 15) is 4.39 Å². The van der Waals surface area contributed by atoms with E-state index in [0.29, 0.717) is 22.8 Å². The molecule has 4 rings (SSSR count). The van der Waals surface area contributed by atoms with Crippen LogP contribution in [-0.2, 0) is 4.74 Å². The number of anilines is 1. The van der Waals surface area contributed by atoms with Crippen molar-refractivity contribution >= 4 is 5.82 Å². The summed E-state index contributed by atoms with van der Waals surface area (Å²) in [6.45, 7) is 5.31. The smallest absolute Gasteiger partial charge is 0.259 e. The van der Waals surface area contributed by atoms with Crippen LogP contribution in [0.2, 0.25) is 0 Å². The van der Waals surface area contributed by atoms with Crippen LogP contribution in [0.1, 0.15) is 0 Å². The lowest BCUT2D eigenvalue weighted by Crippen LogP contribution is -2.39. The van der Waals surface area contributed by atoms with Crippen LogP contribution in [0.5, 0.6) is 0 Å². The number of aromatic nitrogens is 3. The number of morpholine rings is 1. The van der Waals surface area contributed by atoms with Gasteiger partial charge in [0.1, 0.15) is 11.6 Å². The third-order valence-corrected chi connectivity index (χ3v) is 4.36. The molecular weight excluding hydrogens is 349 g/mol. The van der Waals surface area contributed by atoms with Gasteiger partial charge in [-0.3, -0.25) is 4.90 Å². The topological polar surface area (TPSA) is 76.3 Å². The molecule has 1 saturated heterocycles. The SMILES string of the molecule is Fc1cccc(-c2noc(-c3ccc(NCCN4CCOCC4)nc3)n2)c1. The molecule has 3 aromatic rings. The fourth-order valence-corrected chi connectivity index (χ4v) is 2.88. The Labute approximate surface area is 156 Å².